The van der Waals surface area contributed by atoms with Crippen molar-refractivity contribution in [3.8, 4) is 5.75 Å². The number of carbonyl (C=O) groups excluding carboxylic acids is 1. The molecule has 0 atom stereocenters. The first-order valence-corrected chi connectivity index (χ1v) is 47.3. The summed E-state index contributed by atoms with van der Waals surface area (Å²) in [5.41, 5.74) is 24.6. The molecule has 0 unspecified atom stereocenters. The average Bonchev–Trinajstić information content (AvgIpc) is 1.68. The number of benzene rings is 8. The monoisotopic (exact) mass is 1870 g/mol. The van der Waals surface area contributed by atoms with E-state index in [2.05, 4.69) is 191 Å². The van der Waals surface area contributed by atoms with Crippen LogP contribution in [0.5, 0.6) is 5.75 Å². The minimum atomic E-state index is -0.430. The van der Waals surface area contributed by atoms with Crippen molar-refractivity contribution in [2.75, 3.05) is 25.5 Å². The van der Waals surface area contributed by atoms with Crippen LogP contribution < -0.4 is 36.6 Å². The zero-order chi connectivity index (χ0) is 97.0. The van der Waals surface area contributed by atoms with E-state index in [1.54, 1.807) is 82.0 Å². The Bertz CT molecular complexity index is 7250. The number of rotatable bonds is 33. The number of methoxy groups -OCH3 is 1. The molecule has 140 heavy (non-hydrogen) atoms. The van der Waals surface area contributed by atoms with Crippen molar-refractivity contribution in [2.45, 2.75) is 152 Å². The van der Waals surface area contributed by atoms with Crippen molar-refractivity contribution in [1.29, 1.82) is 0 Å². The van der Waals surface area contributed by atoms with E-state index in [1.165, 1.54) is 61.2 Å². The van der Waals surface area contributed by atoms with E-state index in [4.69, 9.17) is 44.8 Å². The normalized spacial score (nSPS) is 11.2. The van der Waals surface area contributed by atoms with Crippen molar-refractivity contribution in [3.05, 3.63) is 409 Å². The Morgan fingerprint density at radius 1 is 0.371 bits per heavy atom. The highest BCUT2D eigenvalue weighted by molar-refractivity contribution is 5.83. The Morgan fingerprint density at radius 2 is 0.736 bits per heavy atom. The fourth-order valence-electron chi connectivity index (χ4n) is 15.7. The predicted octanol–water partition coefficient (Wildman–Crippen LogP) is 25.1. The topological polar surface area (TPSA) is 298 Å². The lowest BCUT2D eigenvalue weighted by Crippen LogP contribution is -2.25. The minimum absolute atomic E-state index is 0.125. The molecule has 21 rings (SSSR count). The number of nitrogens with zero attached hydrogens (tertiary/aromatic N) is 8. The second-order valence-corrected chi connectivity index (χ2v) is 35.8. The van der Waals surface area contributed by atoms with E-state index in [1.807, 2.05) is 192 Å². The number of pyridine rings is 3. The summed E-state index contributed by atoms with van der Waals surface area (Å²) in [6.45, 7) is 25.9. The molecule has 13 heterocycles. The molecular weight excluding hydrogens is 1750 g/mol. The first kappa shape index (κ1) is 99.1. The van der Waals surface area contributed by atoms with Gasteiger partial charge in [0.15, 0.2) is 0 Å². The van der Waals surface area contributed by atoms with Crippen LogP contribution in [0.25, 0.3) is 87.8 Å². The molecule has 0 aliphatic carbocycles. The number of ether oxygens (including phenoxy) is 2. The van der Waals surface area contributed by atoms with Gasteiger partial charge in [0, 0.05) is 190 Å². The maximum atomic E-state index is 12.0. The van der Waals surface area contributed by atoms with Crippen LogP contribution in [0.2, 0.25) is 0 Å². The van der Waals surface area contributed by atoms with Gasteiger partial charge < -0.3 is 76.7 Å². The van der Waals surface area contributed by atoms with E-state index < -0.39 is 5.60 Å². The molecule has 13 aromatic heterocycles. The molecule has 25 heteroatoms. The van der Waals surface area contributed by atoms with Gasteiger partial charge in [0.1, 0.15) is 56.0 Å². The van der Waals surface area contributed by atoms with Gasteiger partial charge in [-0.1, -0.05) is 62.4 Å². The van der Waals surface area contributed by atoms with E-state index in [0.717, 1.165) is 221 Å². The summed E-state index contributed by atoms with van der Waals surface area (Å²) in [6.07, 6.45) is 30.3. The Hall–Kier alpha value is -15.4. The quantitative estimate of drug-likeness (QED) is 0.0164. The number of nitrogens with one attached hydrogen (secondary N) is 6. The van der Waals surface area contributed by atoms with Gasteiger partial charge in [-0.3, -0.25) is 39.3 Å². The molecule has 0 spiro atoms. The first-order chi connectivity index (χ1) is 68.3. The largest absolute Gasteiger partial charge is 0.495 e. The van der Waals surface area contributed by atoms with Crippen LogP contribution >= 0.6 is 0 Å². The summed E-state index contributed by atoms with van der Waals surface area (Å²) < 4.78 is 55.3. The van der Waals surface area contributed by atoms with E-state index in [9.17, 15) is 4.79 Å². The number of aryl methyl sites for hydroxylation is 3. The van der Waals surface area contributed by atoms with Crippen LogP contribution in [0, 0.1) is 19.8 Å². The number of furan rings is 8. The van der Waals surface area contributed by atoms with Crippen LogP contribution in [0.4, 0.5) is 5.69 Å². The van der Waals surface area contributed by atoms with Crippen LogP contribution in [-0.2, 0) is 95.1 Å². The Morgan fingerprint density at radius 3 is 1.11 bits per heavy atom. The average molecular weight is 1880 g/mol. The SMILES string of the molecule is CC(C)(C)OC(=O)CCCCN(Cc1ccc2occc2c1)Cc1ccc2occc2c1.CC(C)CNCc1ccc2occc2c1.COc1cncc(CNCc2ccc3occc3c2)c1.Cc1cc(CNCc2ccc3occc3c2)nn1C.Cc1cnc(CNCc2ccc3occc3c2)cn1.c1cc(CNCc2ccc3occc3c2)ccn1.c1cc(NCc2ccc3occc3c2)ccn1. The lowest BCUT2D eigenvalue weighted by atomic mass is 10.1. The smallest absolute Gasteiger partial charge is 0.306 e. The number of carbonyl (C=O) groups is 1. The first-order valence-electron chi connectivity index (χ1n) is 47.3. The van der Waals surface area contributed by atoms with Gasteiger partial charge in [0.05, 0.1) is 80.5 Å². The van der Waals surface area contributed by atoms with Crippen molar-refractivity contribution in [3.63, 3.8) is 0 Å². The maximum absolute atomic E-state index is 12.0. The Kier molecular flexibility index (Phi) is 35.9. The zero-order valence-electron chi connectivity index (χ0n) is 80.8. The van der Waals surface area contributed by atoms with E-state index in [0.29, 0.717) is 12.3 Å². The van der Waals surface area contributed by atoms with Gasteiger partial charge in [-0.15, -0.1) is 0 Å². The number of aromatic nitrogens is 7. The molecule has 0 amide bonds. The van der Waals surface area contributed by atoms with Gasteiger partial charge in [-0.2, -0.15) is 5.10 Å². The van der Waals surface area contributed by atoms with Gasteiger partial charge >= 0.3 is 5.97 Å². The Balaban J connectivity index is 0.000000125. The number of unbranched alkanes of at least 4 members (excludes halogenated alkanes) is 1. The zero-order valence-corrected chi connectivity index (χ0v) is 80.8. The summed E-state index contributed by atoms with van der Waals surface area (Å²) in [5, 5.41) is 33.9. The number of hydrogen-bond donors (Lipinski definition) is 6. The third-order valence-corrected chi connectivity index (χ3v) is 22.9. The highest BCUT2D eigenvalue weighted by Gasteiger charge is 2.18. The third-order valence-electron chi connectivity index (χ3n) is 22.9. The van der Waals surface area contributed by atoms with Crippen LogP contribution in [0.3, 0.4) is 0 Å². The summed E-state index contributed by atoms with van der Waals surface area (Å²) >= 11 is 0. The van der Waals surface area contributed by atoms with Crippen molar-refractivity contribution >= 4 is 99.4 Å². The molecule has 21 aromatic rings. The lowest BCUT2D eigenvalue weighted by Gasteiger charge is -2.23. The molecule has 718 valence electrons. The third kappa shape index (κ3) is 31.1. The molecule has 0 saturated carbocycles. The standard InChI is InChI=1S/C27H31NO4.C16H16N2O2.C15H17N3O.C15H15N3O.C15H14N2O.C14H12N2O.C13H17NO/c1-27(2,3)32-26(29)6-4-5-13-28(18-20-7-9-24-22(16-20)11-14-30-24)19-21-8-10-25-23(17-21)12-15-31-25;1-19-15-7-13(10-18-11-15)9-17-8-12-2-3-16-14(6-12)4-5-20-16;1-11-7-14(17-18(11)2)10-16-9-12-3-4-15-13(8-12)5-6-19-15;1-11-7-18-14(10-17-11)9-16-8-12-2-3-15-13(6-12)4-5-19-15;1-2-15-14(5-8-18-15)9-13(1)11-17-10-12-3-6-16-7-4-12;1-2-14-12(5-8-17-14)9-11(1)10-16-13-3-6-15-7-4-13;1-10(2)8-14-9-11-3-4-13-12(7-11)5-6-15-13/h7-12,14-17H,4-6,13,18-19H2,1-3H3;2-7,10-11,17H,8-9H2,1H3;3-8,16H,9-10H2,1-2H3;2-7,10,16H,8-9H2,1H3;1-9,17H,10-11H2;1-9H,10H2,(H,15,16);3-7,10,14H,8-9H2,1-2H3. The van der Waals surface area contributed by atoms with Crippen molar-refractivity contribution in [1.82, 2.24) is 66.2 Å². The fraction of sp³-hybridized carbons (Fsp3) is 0.243. The van der Waals surface area contributed by atoms with E-state index in [-0.39, 0.29) is 5.97 Å². The van der Waals surface area contributed by atoms with Crippen molar-refractivity contribution < 1.29 is 49.6 Å². The highest BCUT2D eigenvalue weighted by Crippen LogP contribution is 2.27. The van der Waals surface area contributed by atoms with Gasteiger partial charge in [0.25, 0.3) is 0 Å². The molecular formula is C115H122N14O11. The summed E-state index contributed by atoms with van der Waals surface area (Å²) in [5.74, 6) is 1.35. The summed E-state index contributed by atoms with van der Waals surface area (Å²) in [4.78, 5) is 35.1. The second-order valence-electron chi connectivity index (χ2n) is 35.8. The molecule has 0 bridgehead atoms. The Labute approximate surface area is 815 Å². The maximum Gasteiger partial charge on any atom is 0.306 e. The summed E-state index contributed by atoms with van der Waals surface area (Å²) in [6, 6.07) is 78.0. The molecule has 0 fully saturated rings. The lowest BCUT2D eigenvalue weighted by molar-refractivity contribution is -0.154. The molecule has 0 aliphatic rings. The molecule has 0 aliphatic heterocycles. The number of anilines is 1. The minimum Gasteiger partial charge on any atom is -0.495 e. The molecule has 6 N–H and O–H groups in total. The van der Waals surface area contributed by atoms with Gasteiger partial charge in [-0.05, 0) is 304 Å². The molecule has 25 nitrogen and oxygen atoms in total. The highest BCUT2D eigenvalue weighted by atomic mass is 16.6. The van der Waals surface area contributed by atoms with Crippen LogP contribution in [0.15, 0.2) is 366 Å². The van der Waals surface area contributed by atoms with Gasteiger partial charge in [-0.25, -0.2) is 0 Å². The van der Waals surface area contributed by atoms with Crippen LogP contribution in [-0.4, -0.2) is 71.4 Å². The van der Waals surface area contributed by atoms with Crippen LogP contribution in [0.1, 0.15) is 132 Å². The number of hydrogen-bond acceptors (Lipinski definition) is 24. The van der Waals surface area contributed by atoms with Gasteiger partial charge in [0.2, 0.25) is 0 Å². The molecule has 0 radical (unpaired) electrons. The molecule has 8 aromatic carbocycles. The predicted molar refractivity (Wildman–Crippen MR) is 554 cm³/mol. The number of esters is 1. The number of fused-ring (bicyclic) bond motifs is 8. The van der Waals surface area contributed by atoms with E-state index >= 15 is 0 Å². The fourth-order valence-corrected chi connectivity index (χ4v) is 15.7. The molecule has 0 saturated heterocycles. The summed E-state index contributed by atoms with van der Waals surface area (Å²) in [7, 11) is 3.61. The van der Waals surface area contributed by atoms with Crippen molar-refractivity contribution in [2.24, 2.45) is 13.0 Å². The second kappa shape index (κ2) is 50.6.